The summed E-state index contributed by atoms with van der Waals surface area (Å²) in [6.07, 6.45) is 13.5. The number of hydrogen-bond donors (Lipinski definition) is 0. The maximum Gasteiger partial charge on any atom is 0.133 e. The summed E-state index contributed by atoms with van der Waals surface area (Å²) in [7, 11) is -4.46. The van der Waals surface area contributed by atoms with Crippen LogP contribution in [0, 0.1) is 10.8 Å². The quantitative estimate of drug-likeness (QED) is 0.300. The second-order valence-electron chi connectivity index (χ2n) is 10.1. The highest BCUT2D eigenvalue weighted by molar-refractivity contribution is 7.85. The fourth-order valence-electron chi connectivity index (χ4n) is 3.00. The van der Waals surface area contributed by atoms with Crippen LogP contribution in [0.5, 0.6) is 5.75 Å². The molecule has 0 saturated carbocycles. The summed E-state index contributed by atoms with van der Waals surface area (Å²) in [5.74, 6) is 1.35. The van der Waals surface area contributed by atoms with Gasteiger partial charge in [-0.1, -0.05) is 94.2 Å². The lowest BCUT2D eigenvalue weighted by atomic mass is 9.85. The van der Waals surface area contributed by atoms with Gasteiger partial charge in [-0.05, 0) is 79.4 Å². The second kappa shape index (κ2) is 15.8. The molecule has 1 aliphatic carbocycles. The van der Waals surface area contributed by atoms with Crippen LogP contribution in [0.1, 0.15) is 96.9 Å². The standard InChI is InChI=1S/C23H32O4S.C4H8.3CH4/c1-22(2,3)15-14-17-8-7-9-18(16-23(4,5)6)21(17)27-19-10-12-20(13-11-19)28(24,25)26;1-3-4-2;;;/h10-16H,7-9H2,1-6H3,(H,24,25,26);3-4H,1-2H3;3*1H4/p-1/b15-14+,18-16+;;;;. The molecule has 0 radical (unpaired) electrons. The maximum absolute atomic E-state index is 11.2. The lowest BCUT2D eigenvalue weighted by Crippen LogP contribution is -2.12. The molecule has 35 heavy (non-hydrogen) atoms. The lowest BCUT2D eigenvalue weighted by molar-refractivity contribution is 0.409. The van der Waals surface area contributed by atoms with Gasteiger partial charge in [-0.2, -0.15) is 0 Å². The first kappa shape index (κ1) is 37.4. The Morgan fingerprint density at radius 1 is 0.857 bits per heavy atom. The Bertz CT molecular complexity index is 959. The molecule has 0 atom stereocenters. The molecule has 0 amide bonds. The van der Waals surface area contributed by atoms with Crippen molar-refractivity contribution in [2.45, 2.75) is 102 Å². The summed E-state index contributed by atoms with van der Waals surface area (Å²) in [6, 6.07) is 5.65. The van der Waals surface area contributed by atoms with Gasteiger partial charge in [-0.3, -0.25) is 0 Å². The Labute approximate surface area is 217 Å². The molecule has 1 aromatic carbocycles. The van der Waals surface area contributed by atoms with Gasteiger partial charge in [0, 0.05) is 0 Å². The molecule has 0 spiro atoms. The molecular formula is C30H51O4S-. The average Bonchev–Trinajstić information content (AvgIpc) is 2.66. The third-order valence-electron chi connectivity index (χ3n) is 4.53. The molecule has 5 heteroatoms. The van der Waals surface area contributed by atoms with Gasteiger partial charge < -0.3 is 9.29 Å². The third kappa shape index (κ3) is 14.8. The smallest absolute Gasteiger partial charge is 0.133 e. The van der Waals surface area contributed by atoms with Crippen LogP contribution in [-0.4, -0.2) is 13.0 Å². The van der Waals surface area contributed by atoms with Crippen molar-refractivity contribution in [2.75, 3.05) is 0 Å². The first-order valence-corrected chi connectivity index (χ1v) is 12.5. The van der Waals surface area contributed by atoms with E-state index in [0.717, 1.165) is 36.2 Å². The highest BCUT2D eigenvalue weighted by Gasteiger charge is 2.21. The Morgan fingerprint density at radius 2 is 1.37 bits per heavy atom. The van der Waals surface area contributed by atoms with E-state index in [1.54, 1.807) is 0 Å². The van der Waals surface area contributed by atoms with E-state index in [1.807, 2.05) is 26.0 Å². The highest BCUT2D eigenvalue weighted by atomic mass is 32.2. The molecule has 0 unspecified atom stereocenters. The summed E-state index contributed by atoms with van der Waals surface area (Å²) < 4.78 is 39.7. The minimum atomic E-state index is -4.46. The summed E-state index contributed by atoms with van der Waals surface area (Å²) in [5, 5.41) is 0. The Hall–Kier alpha value is -2.11. The van der Waals surface area contributed by atoms with Crippen LogP contribution in [-0.2, 0) is 10.1 Å². The van der Waals surface area contributed by atoms with E-state index in [4.69, 9.17) is 4.74 Å². The summed E-state index contributed by atoms with van der Waals surface area (Å²) >= 11 is 0. The summed E-state index contributed by atoms with van der Waals surface area (Å²) in [5.41, 5.74) is 2.37. The van der Waals surface area contributed by atoms with Crippen LogP contribution in [0.3, 0.4) is 0 Å². The van der Waals surface area contributed by atoms with Crippen LogP contribution in [0.2, 0.25) is 0 Å². The van der Waals surface area contributed by atoms with E-state index in [-0.39, 0.29) is 38.0 Å². The van der Waals surface area contributed by atoms with Gasteiger partial charge in [0.25, 0.3) is 0 Å². The largest absolute Gasteiger partial charge is 0.744 e. The predicted molar refractivity (Wildman–Crippen MR) is 153 cm³/mol. The third-order valence-corrected chi connectivity index (χ3v) is 5.38. The fourth-order valence-corrected chi connectivity index (χ4v) is 3.47. The lowest BCUT2D eigenvalue weighted by Gasteiger charge is -2.25. The van der Waals surface area contributed by atoms with Gasteiger partial charge in [-0.15, -0.1) is 0 Å². The number of hydrogen-bond acceptors (Lipinski definition) is 4. The highest BCUT2D eigenvalue weighted by Crippen LogP contribution is 2.36. The molecule has 4 nitrogen and oxygen atoms in total. The van der Waals surface area contributed by atoms with Crippen molar-refractivity contribution in [1.29, 1.82) is 0 Å². The predicted octanol–water partition coefficient (Wildman–Crippen LogP) is 9.47. The molecule has 0 aliphatic heterocycles. The molecule has 0 heterocycles. The number of rotatable bonds is 4. The molecule has 0 saturated heterocycles. The maximum atomic E-state index is 11.2. The molecule has 1 aliphatic rings. The van der Waals surface area contributed by atoms with Crippen LogP contribution < -0.4 is 4.74 Å². The Morgan fingerprint density at radius 3 is 1.77 bits per heavy atom. The van der Waals surface area contributed by atoms with Crippen LogP contribution in [0.25, 0.3) is 0 Å². The molecular weight excluding hydrogens is 456 g/mol. The van der Waals surface area contributed by atoms with Crippen molar-refractivity contribution in [3.05, 3.63) is 71.6 Å². The number of allylic oxidation sites excluding steroid dienone is 7. The minimum absolute atomic E-state index is 0. The molecule has 0 N–H and O–H groups in total. The fraction of sp³-hybridized carbons (Fsp3) is 0.533. The van der Waals surface area contributed by atoms with E-state index < -0.39 is 10.1 Å². The zero-order chi connectivity index (χ0) is 24.6. The van der Waals surface area contributed by atoms with E-state index >= 15 is 0 Å². The van der Waals surface area contributed by atoms with Crippen molar-refractivity contribution < 1.29 is 17.7 Å². The van der Waals surface area contributed by atoms with Gasteiger partial charge in [0.05, 0.1) is 4.90 Å². The van der Waals surface area contributed by atoms with Gasteiger partial charge in [0.15, 0.2) is 0 Å². The molecule has 0 fully saturated rings. The minimum Gasteiger partial charge on any atom is -0.744 e. The second-order valence-corrected chi connectivity index (χ2v) is 11.5. The van der Waals surface area contributed by atoms with Gasteiger partial charge in [0.1, 0.15) is 21.6 Å². The average molecular weight is 508 g/mol. The van der Waals surface area contributed by atoms with E-state index in [2.05, 4.69) is 59.8 Å². The number of ether oxygens (including phenoxy) is 1. The Kier molecular flexibility index (Phi) is 16.9. The Balaban J connectivity index is -0.00000136. The first-order valence-electron chi connectivity index (χ1n) is 11.1. The van der Waals surface area contributed by atoms with Crippen molar-refractivity contribution in [2.24, 2.45) is 10.8 Å². The molecule has 202 valence electrons. The van der Waals surface area contributed by atoms with Crippen molar-refractivity contribution >= 4 is 10.1 Å². The summed E-state index contributed by atoms with van der Waals surface area (Å²) in [6.45, 7) is 16.9. The van der Waals surface area contributed by atoms with E-state index in [0.29, 0.717) is 5.75 Å². The monoisotopic (exact) mass is 507 g/mol. The van der Waals surface area contributed by atoms with Gasteiger partial charge in [-0.25, -0.2) is 8.42 Å². The van der Waals surface area contributed by atoms with Crippen molar-refractivity contribution in [1.82, 2.24) is 0 Å². The van der Waals surface area contributed by atoms with E-state index in [9.17, 15) is 13.0 Å². The van der Waals surface area contributed by atoms with Crippen LogP contribution >= 0.6 is 0 Å². The van der Waals surface area contributed by atoms with Crippen LogP contribution in [0.15, 0.2) is 76.4 Å². The molecule has 1 aromatic rings. The van der Waals surface area contributed by atoms with Gasteiger partial charge >= 0.3 is 0 Å². The molecule has 2 rings (SSSR count). The van der Waals surface area contributed by atoms with Crippen LogP contribution in [0.4, 0.5) is 0 Å². The van der Waals surface area contributed by atoms with Crippen molar-refractivity contribution in [3.63, 3.8) is 0 Å². The zero-order valence-electron chi connectivity index (χ0n) is 20.9. The zero-order valence-corrected chi connectivity index (χ0v) is 21.7. The van der Waals surface area contributed by atoms with E-state index in [1.165, 1.54) is 24.3 Å². The SMILES string of the molecule is C.C.C.CC(C)(C)/C=C/C1=C(Oc2ccc(S(=O)(=O)[O-])cc2)C(=C/C(C)(C)C)/CCC1.CC=CC. The summed E-state index contributed by atoms with van der Waals surface area (Å²) in [4.78, 5) is -0.254. The molecule has 0 aromatic heterocycles. The molecule has 0 bridgehead atoms. The van der Waals surface area contributed by atoms with Gasteiger partial charge in [0.2, 0.25) is 0 Å². The number of benzene rings is 1. The first-order chi connectivity index (χ1) is 14.7. The van der Waals surface area contributed by atoms with Crippen molar-refractivity contribution in [3.8, 4) is 5.75 Å². The topological polar surface area (TPSA) is 66.4 Å². The normalized spacial score (nSPS) is 15.6.